The number of fused-ring (bicyclic) bond motifs is 3. The van der Waals surface area contributed by atoms with Crippen LogP contribution in [0.15, 0.2) is 194 Å². The summed E-state index contributed by atoms with van der Waals surface area (Å²) in [5.74, 6) is 0.839. The molecule has 3 heterocycles. The van der Waals surface area contributed by atoms with Gasteiger partial charge in [0.2, 0.25) is 0 Å². The molecule has 0 aliphatic carbocycles. The van der Waals surface area contributed by atoms with Gasteiger partial charge in [-0.3, -0.25) is 9.97 Å². The van der Waals surface area contributed by atoms with Crippen LogP contribution in [0.1, 0.15) is 192 Å². The Kier molecular flexibility index (Phi) is 69.4. The maximum Gasteiger partial charge on any atom is 0.126 e. The van der Waals surface area contributed by atoms with Crippen molar-refractivity contribution in [3.05, 3.63) is 298 Å². The molecule has 0 fully saturated rings. The third-order valence-corrected chi connectivity index (χ3v) is 12.6. The van der Waals surface area contributed by atoms with Gasteiger partial charge in [-0.25, -0.2) is 43.3 Å². The largest absolute Gasteiger partial charge is 0.258 e. The Balaban J connectivity index is -0.000000249. The van der Waals surface area contributed by atoms with E-state index >= 15 is 0 Å². The molecule has 525 valence electrons. The van der Waals surface area contributed by atoms with Gasteiger partial charge in [0.05, 0.1) is 11.0 Å². The monoisotopic (exact) mass is 1550 g/mol. The van der Waals surface area contributed by atoms with Crippen molar-refractivity contribution in [3.8, 4) is 33.4 Å². The van der Waals surface area contributed by atoms with E-state index in [1.165, 1.54) is 44.0 Å². The summed E-state index contributed by atoms with van der Waals surface area (Å²) < 4.78 is 0. The van der Waals surface area contributed by atoms with Gasteiger partial charge in [0.1, 0.15) is 5.82 Å². The van der Waals surface area contributed by atoms with Crippen molar-refractivity contribution in [1.82, 2.24) is 19.9 Å². The molecule has 12 rings (SSSR count). The van der Waals surface area contributed by atoms with Crippen LogP contribution in [-0.4, -0.2) is 19.9 Å². The maximum absolute atomic E-state index is 4.44. The first kappa shape index (κ1) is 104. The molecular formula is C92H122N4Y3-6. The second-order valence-electron chi connectivity index (χ2n) is 19.7. The summed E-state index contributed by atoms with van der Waals surface area (Å²) in [4.78, 5) is 17.5. The molecule has 0 N–H and O–H groups in total. The van der Waals surface area contributed by atoms with Crippen LogP contribution in [0.2, 0.25) is 0 Å². The van der Waals surface area contributed by atoms with Crippen LogP contribution < -0.4 is 0 Å². The number of hydrogen-bond acceptors (Lipinski definition) is 4. The smallest absolute Gasteiger partial charge is 0.126 e. The number of aromatic nitrogens is 4. The average molecular weight is 1550 g/mol. The predicted octanol–water partition coefficient (Wildman–Crippen LogP) is 27.9. The molecule has 0 amide bonds. The second-order valence-corrected chi connectivity index (χ2v) is 19.7. The fourth-order valence-corrected chi connectivity index (χ4v) is 8.73. The minimum Gasteiger partial charge on any atom is -0.258 e. The first-order valence-corrected chi connectivity index (χ1v) is 35.4. The summed E-state index contributed by atoms with van der Waals surface area (Å²) in [6.45, 7) is 60.6. The van der Waals surface area contributed by atoms with E-state index in [0.717, 1.165) is 89.5 Å². The Bertz CT molecular complexity index is 3480. The van der Waals surface area contributed by atoms with E-state index in [2.05, 4.69) is 239 Å². The number of benzene rings is 9. The zero-order valence-electron chi connectivity index (χ0n) is 67.0. The molecule has 12 aromatic rings. The van der Waals surface area contributed by atoms with Gasteiger partial charge >= 0.3 is 0 Å². The summed E-state index contributed by atoms with van der Waals surface area (Å²) in [6.07, 6.45) is 0. The molecule has 0 saturated carbocycles. The molecule has 0 unspecified atom stereocenters. The molecule has 4 nitrogen and oxygen atoms in total. The second kappa shape index (κ2) is 65.7. The van der Waals surface area contributed by atoms with Gasteiger partial charge in [0, 0.05) is 137 Å². The zero-order valence-corrected chi connectivity index (χ0v) is 75.5. The quantitative estimate of drug-likeness (QED) is 0.165. The van der Waals surface area contributed by atoms with E-state index in [0.29, 0.717) is 0 Å². The van der Waals surface area contributed by atoms with E-state index in [1.807, 2.05) is 219 Å². The molecule has 99 heavy (non-hydrogen) atoms. The summed E-state index contributed by atoms with van der Waals surface area (Å²) >= 11 is 0. The minimum absolute atomic E-state index is 0. The Morgan fingerprint density at radius 1 is 0.263 bits per heavy atom. The van der Waals surface area contributed by atoms with Gasteiger partial charge in [0.25, 0.3) is 0 Å². The zero-order chi connectivity index (χ0) is 73.6. The summed E-state index contributed by atoms with van der Waals surface area (Å²) in [5.41, 5.74) is 21.8. The average Bonchev–Trinajstić information content (AvgIpc) is 0.857. The molecule has 0 saturated heterocycles. The maximum atomic E-state index is 4.44. The van der Waals surface area contributed by atoms with Gasteiger partial charge in [-0.15, -0.1) is 57.6 Å². The summed E-state index contributed by atoms with van der Waals surface area (Å²) in [7, 11) is 0. The number of rotatable bonds is 3. The van der Waals surface area contributed by atoms with Crippen molar-refractivity contribution < 1.29 is 98.1 Å². The summed E-state index contributed by atoms with van der Waals surface area (Å²) in [6, 6.07) is 85.4. The van der Waals surface area contributed by atoms with Crippen molar-refractivity contribution >= 4 is 32.6 Å². The van der Waals surface area contributed by atoms with Gasteiger partial charge in [-0.05, 0) is 76.8 Å². The number of hydrogen-bond donors (Lipinski definition) is 0. The molecule has 3 radical (unpaired) electrons. The van der Waals surface area contributed by atoms with Crippen molar-refractivity contribution in [2.75, 3.05) is 0 Å². The molecule has 0 aliphatic heterocycles. The van der Waals surface area contributed by atoms with Crippen molar-refractivity contribution in [2.24, 2.45) is 0 Å². The van der Waals surface area contributed by atoms with Crippen molar-refractivity contribution in [2.45, 2.75) is 208 Å². The standard InChI is InChI=1S/3C14H12.2C11H11N.C10H10N2.9C2H6.3Y/c1-11-3-7-13(8-4-11)14-9-5-12(2)6-10-14;2*1-11-5-3-7-13(9-11)14-8-4-6-12(2)10-14;1-8-7-10-5-3-4-6-11(10)9(2)12-8;1-8-7-9(2)12-11-6-4-3-5-10(8)11;1-7-9-5-3-4-6-10(9)12-8(2)11-7;9*1-2;;;/h3-7,9H,1-2H3;3-6,9-10H,1-2H3;3-8H,1-2H3;2*3-7H,1-2H3;3-6H,1-2H3;9*1-2H3;;;/q3*-2;;;;;;;;;;;;;;;. The molecule has 0 bridgehead atoms. The van der Waals surface area contributed by atoms with E-state index in [-0.39, 0.29) is 98.1 Å². The van der Waals surface area contributed by atoms with Gasteiger partial charge < -0.3 is 0 Å². The fourth-order valence-electron chi connectivity index (χ4n) is 8.73. The Morgan fingerprint density at radius 2 is 0.636 bits per heavy atom. The molecular weight excluding hydrogens is 1430 g/mol. The third-order valence-electron chi connectivity index (χ3n) is 12.6. The van der Waals surface area contributed by atoms with Gasteiger partial charge in [0.15, 0.2) is 0 Å². The Morgan fingerprint density at radius 3 is 1.04 bits per heavy atom. The van der Waals surface area contributed by atoms with Crippen molar-refractivity contribution in [1.29, 1.82) is 0 Å². The topological polar surface area (TPSA) is 51.6 Å². The minimum atomic E-state index is 0. The van der Waals surface area contributed by atoms with Gasteiger partial charge in [-0.1, -0.05) is 227 Å². The van der Waals surface area contributed by atoms with Crippen LogP contribution in [0.3, 0.4) is 0 Å². The Labute approximate surface area is 682 Å². The van der Waals surface area contributed by atoms with E-state index in [4.69, 9.17) is 0 Å². The number of aryl methyl sites for hydroxylation is 12. The summed E-state index contributed by atoms with van der Waals surface area (Å²) in [5, 5.41) is 4.93. The third kappa shape index (κ3) is 41.2. The molecule has 0 spiro atoms. The predicted molar refractivity (Wildman–Crippen MR) is 431 cm³/mol. The SMILES string of the molecule is CC.CC.CC.CC.CC.CC.CC.CC.CC.Cc1[c-]c(-c2[c-]c(C)ccc2)ccc1.Cc1c[c-]c(-c2[c-]cc(C)cc2)cc1.Cc1cc(C)c2ccccc2n1.Cc1cc2ccccc2c(C)n1.Cc1cc[c-]c(-c2[c-]ccc(C)c2)c1.Cc1nc(C)c2ccccc2n1.[Y].[Y].[Y]. The molecule has 0 aliphatic rings. The first-order valence-electron chi connectivity index (χ1n) is 35.4. The van der Waals surface area contributed by atoms with Crippen LogP contribution in [0.5, 0.6) is 0 Å². The number of para-hydroxylation sites is 2. The van der Waals surface area contributed by atoms with Crippen LogP contribution >= 0.6 is 0 Å². The molecule has 9 aromatic carbocycles. The first-order chi connectivity index (χ1) is 46.6. The van der Waals surface area contributed by atoms with E-state index < -0.39 is 0 Å². The van der Waals surface area contributed by atoms with Crippen LogP contribution in [-0.2, 0) is 98.1 Å². The normalized spacial score (nSPS) is 8.67. The number of pyridine rings is 2. The Hall–Kier alpha value is -5.55. The van der Waals surface area contributed by atoms with Crippen LogP contribution in [0.4, 0.5) is 0 Å². The van der Waals surface area contributed by atoms with Crippen LogP contribution in [0.25, 0.3) is 66.0 Å². The molecule has 0 atom stereocenters. The number of nitrogens with zero attached hydrogens (tertiary/aromatic N) is 4. The van der Waals surface area contributed by atoms with E-state index in [1.54, 1.807) is 0 Å². The molecule has 3 aromatic heterocycles. The van der Waals surface area contributed by atoms with Crippen molar-refractivity contribution in [3.63, 3.8) is 0 Å². The fraction of sp³-hybridized carbons (Fsp3) is 0.326. The van der Waals surface area contributed by atoms with Gasteiger partial charge in [-0.2, -0.15) is 121 Å². The van der Waals surface area contributed by atoms with Crippen LogP contribution in [0, 0.1) is 119 Å². The van der Waals surface area contributed by atoms with E-state index in [9.17, 15) is 0 Å². The molecule has 7 heteroatoms.